The van der Waals surface area contributed by atoms with Gasteiger partial charge in [0.1, 0.15) is 5.75 Å². The molecule has 20 heavy (non-hydrogen) atoms. The van der Waals surface area contributed by atoms with Crippen molar-refractivity contribution in [2.45, 2.75) is 13.8 Å². The second kappa shape index (κ2) is 5.65. The van der Waals surface area contributed by atoms with E-state index in [1.165, 1.54) is 0 Å². The summed E-state index contributed by atoms with van der Waals surface area (Å²) in [5, 5.41) is 2.85. The largest absolute Gasteiger partial charge is 0.495 e. The van der Waals surface area contributed by atoms with Gasteiger partial charge in [-0.05, 0) is 43.2 Å². The van der Waals surface area contributed by atoms with Crippen molar-refractivity contribution in [3.63, 3.8) is 0 Å². The third-order valence-electron chi connectivity index (χ3n) is 3.21. The highest BCUT2D eigenvalue weighted by atomic mass is 16.5. The summed E-state index contributed by atoms with van der Waals surface area (Å²) in [7, 11) is 1.57. The van der Waals surface area contributed by atoms with E-state index in [1.54, 1.807) is 25.3 Å². The van der Waals surface area contributed by atoms with Crippen LogP contribution in [0.15, 0.2) is 36.4 Å². The predicted octanol–water partition coefficient (Wildman–Crippen LogP) is 3.15. The van der Waals surface area contributed by atoms with Crippen LogP contribution in [0.4, 0.5) is 11.4 Å². The summed E-state index contributed by atoms with van der Waals surface area (Å²) in [6, 6.07) is 10.9. The lowest BCUT2D eigenvalue weighted by molar-refractivity contribution is 0.102. The minimum atomic E-state index is -0.196. The van der Waals surface area contributed by atoms with E-state index in [0.29, 0.717) is 22.7 Å². The van der Waals surface area contributed by atoms with Crippen LogP contribution in [0.25, 0.3) is 0 Å². The first-order valence-corrected chi connectivity index (χ1v) is 6.34. The third kappa shape index (κ3) is 2.74. The van der Waals surface area contributed by atoms with Crippen LogP contribution >= 0.6 is 0 Å². The van der Waals surface area contributed by atoms with Gasteiger partial charge in [-0.25, -0.2) is 0 Å². The maximum atomic E-state index is 12.3. The highest BCUT2D eigenvalue weighted by Crippen LogP contribution is 2.25. The SMILES string of the molecule is COc1ccccc1NC(=O)c1cc(N)c(C)cc1C. The molecule has 1 amide bonds. The topological polar surface area (TPSA) is 64.3 Å². The van der Waals surface area contributed by atoms with Gasteiger partial charge in [-0.1, -0.05) is 18.2 Å². The predicted molar refractivity (Wildman–Crippen MR) is 81.3 cm³/mol. The number of hydrogen-bond acceptors (Lipinski definition) is 3. The van der Waals surface area contributed by atoms with Crippen molar-refractivity contribution >= 4 is 17.3 Å². The van der Waals surface area contributed by atoms with Crippen LogP contribution in [0.1, 0.15) is 21.5 Å². The Bertz CT molecular complexity index is 651. The Morgan fingerprint density at radius 2 is 1.85 bits per heavy atom. The average Bonchev–Trinajstić information content (AvgIpc) is 2.43. The number of hydrogen-bond donors (Lipinski definition) is 2. The fraction of sp³-hybridized carbons (Fsp3) is 0.188. The molecular formula is C16H18N2O2. The summed E-state index contributed by atoms with van der Waals surface area (Å²) >= 11 is 0. The van der Waals surface area contributed by atoms with Gasteiger partial charge in [-0.3, -0.25) is 4.79 Å². The Labute approximate surface area is 118 Å². The minimum absolute atomic E-state index is 0.196. The number of methoxy groups -OCH3 is 1. The molecule has 0 heterocycles. The van der Waals surface area contributed by atoms with Gasteiger partial charge < -0.3 is 15.8 Å². The zero-order chi connectivity index (χ0) is 14.7. The first kappa shape index (κ1) is 13.9. The fourth-order valence-corrected chi connectivity index (χ4v) is 2.05. The smallest absolute Gasteiger partial charge is 0.256 e. The molecule has 3 N–H and O–H groups in total. The van der Waals surface area contributed by atoms with Crippen molar-refractivity contribution in [2.24, 2.45) is 0 Å². The molecule has 2 aromatic carbocycles. The molecule has 0 aromatic heterocycles. The van der Waals surface area contributed by atoms with Gasteiger partial charge in [0.15, 0.2) is 0 Å². The quantitative estimate of drug-likeness (QED) is 0.842. The Hall–Kier alpha value is -2.49. The van der Waals surface area contributed by atoms with Gasteiger partial charge in [-0.15, -0.1) is 0 Å². The molecule has 0 saturated heterocycles. The van der Waals surface area contributed by atoms with E-state index in [2.05, 4.69) is 5.32 Å². The monoisotopic (exact) mass is 270 g/mol. The second-order valence-electron chi connectivity index (χ2n) is 4.68. The number of aryl methyl sites for hydroxylation is 2. The molecule has 0 atom stereocenters. The standard InChI is InChI=1S/C16H18N2O2/c1-10-8-11(2)13(17)9-12(10)16(19)18-14-6-4-5-7-15(14)20-3/h4-9H,17H2,1-3H3,(H,18,19). The van der Waals surface area contributed by atoms with Crippen LogP contribution in [0.2, 0.25) is 0 Å². The van der Waals surface area contributed by atoms with Crippen LogP contribution in [0.5, 0.6) is 5.75 Å². The molecule has 4 nitrogen and oxygen atoms in total. The average molecular weight is 270 g/mol. The van der Waals surface area contributed by atoms with Crippen LogP contribution in [0, 0.1) is 13.8 Å². The van der Waals surface area contributed by atoms with Crippen molar-refractivity contribution in [3.8, 4) is 5.75 Å². The second-order valence-corrected chi connectivity index (χ2v) is 4.68. The highest BCUT2D eigenvalue weighted by Gasteiger charge is 2.13. The van der Waals surface area contributed by atoms with Crippen molar-refractivity contribution < 1.29 is 9.53 Å². The number of carbonyl (C=O) groups excluding carboxylic acids is 1. The van der Waals surface area contributed by atoms with E-state index in [9.17, 15) is 4.79 Å². The Balaban J connectivity index is 2.31. The van der Waals surface area contributed by atoms with Gasteiger partial charge in [0.25, 0.3) is 5.91 Å². The van der Waals surface area contributed by atoms with Crippen LogP contribution in [0.3, 0.4) is 0 Å². The van der Waals surface area contributed by atoms with E-state index in [-0.39, 0.29) is 5.91 Å². The number of benzene rings is 2. The normalized spacial score (nSPS) is 10.2. The molecule has 4 heteroatoms. The van der Waals surface area contributed by atoms with Gasteiger partial charge in [0, 0.05) is 11.3 Å². The molecule has 0 unspecified atom stereocenters. The molecule has 104 valence electrons. The fourth-order valence-electron chi connectivity index (χ4n) is 2.05. The lowest BCUT2D eigenvalue weighted by atomic mass is 10.0. The minimum Gasteiger partial charge on any atom is -0.495 e. The first-order valence-electron chi connectivity index (χ1n) is 6.34. The van der Waals surface area contributed by atoms with E-state index < -0.39 is 0 Å². The lowest BCUT2D eigenvalue weighted by Crippen LogP contribution is -2.14. The molecule has 0 spiro atoms. The number of para-hydroxylation sites is 2. The zero-order valence-electron chi connectivity index (χ0n) is 11.9. The summed E-state index contributed by atoms with van der Waals surface area (Å²) in [6.07, 6.45) is 0. The Morgan fingerprint density at radius 3 is 2.55 bits per heavy atom. The van der Waals surface area contributed by atoms with Gasteiger partial charge >= 0.3 is 0 Å². The third-order valence-corrected chi connectivity index (χ3v) is 3.21. The highest BCUT2D eigenvalue weighted by molar-refractivity contribution is 6.06. The summed E-state index contributed by atoms with van der Waals surface area (Å²) in [4.78, 5) is 12.3. The molecule has 2 aromatic rings. The molecule has 0 aliphatic heterocycles. The Kier molecular flexibility index (Phi) is 3.94. The summed E-state index contributed by atoms with van der Waals surface area (Å²) in [6.45, 7) is 3.81. The number of nitrogen functional groups attached to an aromatic ring is 1. The van der Waals surface area contributed by atoms with Gasteiger partial charge in [0.2, 0.25) is 0 Å². The van der Waals surface area contributed by atoms with E-state index in [1.807, 2.05) is 32.0 Å². The van der Waals surface area contributed by atoms with Crippen molar-refractivity contribution in [1.82, 2.24) is 0 Å². The Morgan fingerprint density at radius 1 is 1.15 bits per heavy atom. The molecule has 0 bridgehead atoms. The van der Waals surface area contributed by atoms with Crippen molar-refractivity contribution in [2.75, 3.05) is 18.2 Å². The molecule has 0 saturated carbocycles. The van der Waals surface area contributed by atoms with Crippen molar-refractivity contribution in [1.29, 1.82) is 0 Å². The summed E-state index contributed by atoms with van der Waals surface area (Å²) < 4.78 is 5.22. The summed E-state index contributed by atoms with van der Waals surface area (Å²) in [5.74, 6) is 0.428. The van der Waals surface area contributed by atoms with E-state index in [0.717, 1.165) is 11.1 Å². The lowest BCUT2D eigenvalue weighted by Gasteiger charge is -2.12. The molecule has 0 aliphatic carbocycles. The number of ether oxygens (including phenoxy) is 1. The van der Waals surface area contributed by atoms with Crippen LogP contribution in [-0.4, -0.2) is 13.0 Å². The maximum Gasteiger partial charge on any atom is 0.256 e. The number of carbonyl (C=O) groups is 1. The van der Waals surface area contributed by atoms with Crippen LogP contribution < -0.4 is 15.8 Å². The number of nitrogens with two attached hydrogens (primary N) is 1. The van der Waals surface area contributed by atoms with E-state index in [4.69, 9.17) is 10.5 Å². The van der Waals surface area contributed by atoms with Gasteiger partial charge in [0.05, 0.1) is 12.8 Å². The maximum absolute atomic E-state index is 12.3. The zero-order valence-corrected chi connectivity index (χ0v) is 11.9. The summed E-state index contributed by atoms with van der Waals surface area (Å²) in [5.41, 5.74) is 9.55. The molecule has 2 rings (SSSR count). The molecule has 0 fully saturated rings. The number of amides is 1. The van der Waals surface area contributed by atoms with Gasteiger partial charge in [-0.2, -0.15) is 0 Å². The van der Waals surface area contributed by atoms with Crippen molar-refractivity contribution in [3.05, 3.63) is 53.1 Å². The number of nitrogens with one attached hydrogen (secondary N) is 1. The number of anilines is 2. The molecular weight excluding hydrogens is 252 g/mol. The molecule has 0 radical (unpaired) electrons. The van der Waals surface area contributed by atoms with E-state index >= 15 is 0 Å². The first-order chi connectivity index (χ1) is 9.52. The number of rotatable bonds is 3. The molecule has 0 aliphatic rings. The van der Waals surface area contributed by atoms with Crippen LogP contribution in [-0.2, 0) is 0 Å².